The molecule has 2 amide bonds. The summed E-state index contributed by atoms with van der Waals surface area (Å²) in [6, 6.07) is 6.38. The van der Waals surface area contributed by atoms with Crippen molar-refractivity contribution >= 4 is 23.5 Å². The van der Waals surface area contributed by atoms with Crippen molar-refractivity contribution in [1.29, 1.82) is 0 Å². The molecule has 0 saturated heterocycles. The minimum Gasteiger partial charge on any atom is -0.481 e. The van der Waals surface area contributed by atoms with Gasteiger partial charge in [-0.1, -0.05) is 12.1 Å². The lowest BCUT2D eigenvalue weighted by molar-refractivity contribution is -0.137. The molecule has 0 unspecified atom stereocenters. The second-order valence-electron chi connectivity index (χ2n) is 3.71. The summed E-state index contributed by atoms with van der Waals surface area (Å²) in [5.41, 5.74) is 5.73. The van der Waals surface area contributed by atoms with Crippen LogP contribution >= 0.6 is 0 Å². The van der Waals surface area contributed by atoms with Crippen LogP contribution < -0.4 is 11.1 Å². The molecule has 0 atom stereocenters. The van der Waals surface area contributed by atoms with E-state index in [9.17, 15) is 14.4 Å². The van der Waals surface area contributed by atoms with Crippen molar-refractivity contribution in [2.75, 3.05) is 5.32 Å². The first-order valence-corrected chi connectivity index (χ1v) is 5.41. The number of carboxylic acid groups (broad SMARTS) is 1. The molecule has 18 heavy (non-hydrogen) atoms. The number of nitrogens with two attached hydrogens (primary N) is 1. The van der Waals surface area contributed by atoms with Gasteiger partial charge >= 0.3 is 5.97 Å². The number of carbonyl (C=O) groups excluding carboxylic acids is 2. The van der Waals surface area contributed by atoms with Crippen molar-refractivity contribution in [3.63, 3.8) is 0 Å². The van der Waals surface area contributed by atoms with E-state index < -0.39 is 11.9 Å². The highest BCUT2D eigenvalue weighted by molar-refractivity contribution is 6.02. The van der Waals surface area contributed by atoms with E-state index >= 15 is 0 Å². The molecule has 0 aromatic heterocycles. The van der Waals surface area contributed by atoms with Crippen LogP contribution in [0.3, 0.4) is 0 Å². The highest BCUT2D eigenvalue weighted by atomic mass is 16.4. The summed E-state index contributed by atoms with van der Waals surface area (Å²) in [5, 5.41) is 11.0. The van der Waals surface area contributed by atoms with Gasteiger partial charge < -0.3 is 16.2 Å². The lowest BCUT2D eigenvalue weighted by Crippen LogP contribution is -2.18. The lowest BCUT2D eigenvalue weighted by Gasteiger charge is -2.08. The molecule has 1 rings (SSSR count). The zero-order valence-electron chi connectivity index (χ0n) is 9.68. The number of para-hydroxylation sites is 1. The molecule has 1 aromatic rings. The van der Waals surface area contributed by atoms with Crippen molar-refractivity contribution in [2.24, 2.45) is 5.73 Å². The Balaban J connectivity index is 2.59. The van der Waals surface area contributed by atoms with Crippen molar-refractivity contribution in [2.45, 2.75) is 19.3 Å². The average molecular weight is 250 g/mol. The SMILES string of the molecule is NC(=O)c1ccccc1NC(=O)CCCC(=O)O. The van der Waals surface area contributed by atoms with Gasteiger partial charge in [0.15, 0.2) is 0 Å². The Labute approximate surface area is 104 Å². The molecule has 6 nitrogen and oxygen atoms in total. The highest BCUT2D eigenvalue weighted by Crippen LogP contribution is 2.14. The van der Waals surface area contributed by atoms with E-state index in [4.69, 9.17) is 10.8 Å². The topological polar surface area (TPSA) is 109 Å². The summed E-state index contributed by atoms with van der Waals surface area (Å²) in [7, 11) is 0. The third kappa shape index (κ3) is 4.25. The Morgan fingerprint density at radius 1 is 1.17 bits per heavy atom. The molecular weight excluding hydrogens is 236 g/mol. The first-order valence-electron chi connectivity index (χ1n) is 5.41. The molecule has 0 heterocycles. The third-order valence-electron chi connectivity index (χ3n) is 2.26. The Kier molecular flexibility index (Phi) is 4.86. The quantitative estimate of drug-likeness (QED) is 0.698. The van der Waals surface area contributed by atoms with E-state index in [0.717, 1.165) is 0 Å². The van der Waals surface area contributed by atoms with Crippen LogP contribution in [0.4, 0.5) is 5.69 Å². The number of hydrogen-bond donors (Lipinski definition) is 3. The largest absolute Gasteiger partial charge is 0.481 e. The molecule has 0 fully saturated rings. The van der Waals surface area contributed by atoms with Crippen molar-refractivity contribution < 1.29 is 19.5 Å². The number of aliphatic carboxylic acids is 1. The maximum atomic E-state index is 11.5. The van der Waals surface area contributed by atoms with Gasteiger partial charge in [-0.3, -0.25) is 14.4 Å². The van der Waals surface area contributed by atoms with Gasteiger partial charge in [0, 0.05) is 12.8 Å². The summed E-state index contributed by atoms with van der Waals surface area (Å²) in [5.74, 6) is -1.92. The van der Waals surface area contributed by atoms with Crippen molar-refractivity contribution in [3.8, 4) is 0 Å². The fourth-order valence-corrected chi connectivity index (χ4v) is 1.42. The zero-order valence-corrected chi connectivity index (χ0v) is 9.68. The minimum atomic E-state index is -0.944. The molecule has 0 radical (unpaired) electrons. The molecule has 1 aromatic carbocycles. The van der Waals surface area contributed by atoms with Crippen molar-refractivity contribution in [1.82, 2.24) is 0 Å². The van der Waals surface area contributed by atoms with Gasteiger partial charge in [-0.15, -0.1) is 0 Å². The molecule has 6 heteroatoms. The summed E-state index contributed by atoms with van der Waals surface area (Å²) < 4.78 is 0. The third-order valence-corrected chi connectivity index (χ3v) is 2.26. The molecule has 0 spiro atoms. The van der Waals surface area contributed by atoms with Crippen LogP contribution in [-0.2, 0) is 9.59 Å². The fourth-order valence-electron chi connectivity index (χ4n) is 1.42. The van der Waals surface area contributed by atoms with Gasteiger partial charge in [-0.05, 0) is 18.6 Å². The lowest BCUT2D eigenvalue weighted by atomic mass is 10.1. The van der Waals surface area contributed by atoms with E-state index in [1.165, 1.54) is 6.07 Å². The Bertz CT molecular complexity index is 471. The maximum absolute atomic E-state index is 11.5. The number of carboxylic acids is 1. The fraction of sp³-hybridized carbons (Fsp3) is 0.250. The molecule has 0 aliphatic heterocycles. The van der Waals surface area contributed by atoms with Crippen LogP contribution in [0.25, 0.3) is 0 Å². The van der Waals surface area contributed by atoms with Crippen LogP contribution in [0.5, 0.6) is 0 Å². The number of rotatable bonds is 6. The number of hydrogen-bond acceptors (Lipinski definition) is 3. The van der Waals surface area contributed by atoms with Gasteiger partial charge in [0.25, 0.3) is 5.91 Å². The molecule has 0 aliphatic carbocycles. The molecule has 4 N–H and O–H groups in total. The van der Waals surface area contributed by atoms with E-state index in [-0.39, 0.29) is 30.7 Å². The summed E-state index contributed by atoms with van der Waals surface area (Å²) in [6.45, 7) is 0. The van der Waals surface area contributed by atoms with Gasteiger partial charge in [-0.2, -0.15) is 0 Å². The average Bonchev–Trinajstić information content (AvgIpc) is 2.28. The van der Waals surface area contributed by atoms with Gasteiger partial charge in [-0.25, -0.2) is 0 Å². The second-order valence-corrected chi connectivity index (χ2v) is 3.71. The monoisotopic (exact) mass is 250 g/mol. The van der Waals surface area contributed by atoms with Crippen LogP contribution in [0.2, 0.25) is 0 Å². The Hall–Kier alpha value is -2.37. The van der Waals surface area contributed by atoms with E-state index in [1.807, 2.05) is 0 Å². The number of anilines is 1. The number of amides is 2. The Morgan fingerprint density at radius 2 is 1.83 bits per heavy atom. The predicted molar refractivity (Wildman–Crippen MR) is 65.1 cm³/mol. The standard InChI is InChI=1S/C12H14N2O4/c13-12(18)8-4-1-2-5-9(8)14-10(15)6-3-7-11(16)17/h1-2,4-5H,3,6-7H2,(H2,13,18)(H,14,15)(H,16,17). The zero-order chi connectivity index (χ0) is 13.5. The molecule has 0 saturated carbocycles. The molecule has 96 valence electrons. The molecular formula is C12H14N2O4. The number of benzene rings is 1. The van der Waals surface area contributed by atoms with Gasteiger partial charge in [0.2, 0.25) is 5.91 Å². The second kappa shape index (κ2) is 6.39. The van der Waals surface area contributed by atoms with E-state index in [0.29, 0.717) is 5.69 Å². The highest BCUT2D eigenvalue weighted by Gasteiger charge is 2.10. The van der Waals surface area contributed by atoms with Crippen LogP contribution in [0.1, 0.15) is 29.6 Å². The van der Waals surface area contributed by atoms with Crippen molar-refractivity contribution in [3.05, 3.63) is 29.8 Å². The van der Waals surface area contributed by atoms with Gasteiger partial charge in [0.1, 0.15) is 0 Å². The summed E-state index contributed by atoms with van der Waals surface area (Å²) in [4.78, 5) is 32.9. The minimum absolute atomic E-state index is 0.0646. The van der Waals surface area contributed by atoms with E-state index in [2.05, 4.69) is 5.32 Å². The number of nitrogens with one attached hydrogen (secondary N) is 1. The smallest absolute Gasteiger partial charge is 0.303 e. The van der Waals surface area contributed by atoms with Crippen LogP contribution in [0, 0.1) is 0 Å². The van der Waals surface area contributed by atoms with Crippen LogP contribution in [0.15, 0.2) is 24.3 Å². The maximum Gasteiger partial charge on any atom is 0.303 e. The first-order chi connectivity index (χ1) is 8.50. The molecule has 0 aliphatic rings. The van der Waals surface area contributed by atoms with Crippen LogP contribution in [-0.4, -0.2) is 22.9 Å². The Morgan fingerprint density at radius 3 is 2.44 bits per heavy atom. The number of primary amides is 1. The molecule has 0 bridgehead atoms. The van der Waals surface area contributed by atoms with Gasteiger partial charge in [0.05, 0.1) is 11.3 Å². The number of carbonyl (C=O) groups is 3. The predicted octanol–water partition coefficient (Wildman–Crippen LogP) is 0.979. The first kappa shape index (κ1) is 13.7. The van der Waals surface area contributed by atoms with E-state index in [1.54, 1.807) is 18.2 Å². The summed E-state index contributed by atoms with van der Waals surface area (Å²) in [6.07, 6.45) is 0.268. The normalized spacial score (nSPS) is 9.78. The summed E-state index contributed by atoms with van der Waals surface area (Å²) >= 11 is 0.